The van der Waals surface area contributed by atoms with Crippen molar-refractivity contribution < 1.29 is 4.42 Å². The number of aromatic nitrogens is 2. The molecule has 2 aromatic rings. The Balaban J connectivity index is 2.10. The van der Waals surface area contributed by atoms with Crippen LogP contribution in [0, 0.1) is 0 Å². The topological polar surface area (TPSA) is 43.0 Å². The van der Waals surface area contributed by atoms with Gasteiger partial charge in [0.05, 0.1) is 28.7 Å². The number of nitrogens with zero attached hydrogens (tertiary/aromatic N) is 2. The van der Waals surface area contributed by atoms with Crippen LogP contribution in [0.3, 0.4) is 0 Å². The van der Waals surface area contributed by atoms with Gasteiger partial charge in [-0.15, -0.1) is 0 Å². The highest BCUT2D eigenvalue weighted by atomic mass is 79.9. The highest BCUT2D eigenvalue weighted by Crippen LogP contribution is 2.26. The molecule has 0 spiro atoms. The van der Waals surface area contributed by atoms with Gasteiger partial charge in [-0.2, -0.15) is 5.10 Å². The number of rotatable bonds is 6. The molecule has 5 heteroatoms. The van der Waals surface area contributed by atoms with Gasteiger partial charge in [-0.25, -0.2) is 0 Å². The Morgan fingerprint density at radius 2 is 2.39 bits per heavy atom. The fourth-order valence-corrected chi connectivity index (χ4v) is 2.70. The SMILES string of the molecule is CCn1ncc(Br)c1C(CCc1ccco1)NC. The van der Waals surface area contributed by atoms with Gasteiger partial charge in [0.1, 0.15) is 5.76 Å². The van der Waals surface area contributed by atoms with Crippen molar-refractivity contribution in [3.63, 3.8) is 0 Å². The Morgan fingerprint density at radius 3 is 3.00 bits per heavy atom. The maximum atomic E-state index is 5.37. The molecule has 0 amide bonds. The number of hydrogen-bond acceptors (Lipinski definition) is 3. The zero-order chi connectivity index (χ0) is 13.0. The summed E-state index contributed by atoms with van der Waals surface area (Å²) in [6.07, 6.45) is 5.47. The van der Waals surface area contributed by atoms with Crippen LogP contribution < -0.4 is 5.32 Å². The van der Waals surface area contributed by atoms with E-state index in [0.717, 1.165) is 29.6 Å². The maximum absolute atomic E-state index is 5.37. The Hall–Kier alpha value is -1.07. The zero-order valence-corrected chi connectivity index (χ0v) is 12.3. The number of aryl methyl sites for hydroxylation is 2. The fraction of sp³-hybridized carbons (Fsp3) is 0.462. The quantitative estimate of drug-likeness (QED) is 0.891. The Labute approximate surface area is 115 Å². The molecule has 18 heavy (non-hydrogen) atoms. The number of nitrogens with one attached hydrogen (secondary N) is 1. The van der Waals surface area contributed by atoms with Crippen molar-refractivity contribution in [2.45, 2.75) is 32.4 Å². The van der Waals surface area contributed by atoms with Crippen molar-refractivity contribution in [3.8, 4) is 0 Å². The van der Waals surface area contributed by atoms with Crippen molar-refractivity contribution in [2.24, 2.45) is 0 Å². The van der Waals surface area contributed by atoms with Crippen LogP contribution in [-0.4, -0.2) is 16.8 Å². The van der Waals surface area contributed by atoms with E-state index in [9.17, 15) is 0 Å². The lowest BCUT2D eigenvalue weighted by Gasteiger charge is -2.17. The lowest BCUT2D eigenvalue weighted by molar-refractivity contribution is 0.448. The van der Waals surface area contributed by atoms with E-state index in [1.54, 1.807) is 6.26 Å². The summed E-state index contributed by atoms with van der Waals surface area (Å²) in [7, 11) is 1.98. The van der Waals surface area contributed by atoms with Crippen molar-refractivity contribution in [3.05, 3.63) is 40.5 Å². The summed E-state index contributed by atoms with van der Waals surface area (Å²) in [5.74, 6) is 1.02. The van der Waals surface area contributed by atoms with E-state index in [4.69, 9.17) is 4.42 Å². The van der Waals surface area contributed by atoms with Crippen LogP contribution in [0.4, 0.5) is 0 Å². The lowest BCUT2D eigenvalue weighted by Crippen LogP contribution is -2.21. The second-order valence-electron chi connectivity index (χ2n) is 4.15. The summed E-state index contributed by atoms with van der Waals surface area (Å²) >= 11 is 3.57. The molecule has 98 valence electrons. The molecule has 0 saturated heterocycles. The minimum atomic E-state index is 0.270. The molecule has 0 aliphatic rings. The smallest absolute Gasteiger partial charge is 0.103 e. The summed E-state index contributed by atoms with van der Waals surface area (Å²) < 4.78 is 8.45. The third-order valence-electron chi connectivity index (χ3n) is 3.07. The molecule has 1 unspecified atom stereocenters. The van der Waals surface area contributed by atoms with Gasteiger partial charge in [0.2, 0.25) is 0 Å². The first kappa shape index (κ1) is 13.4. The Kier molecular flexibility index (Phi) is 4.60. The van der Waals surface area contributed by atoms with Gasteiger partial charge in [0.15, 0.2) is 0 Å². The van der Waals surface area contributed by atoms with E-state index in [1.165, 1.54) is 5.69 Å². The molecule has 2 rings (SSSR count). The highest BCUT2D eigenvalue weighted by molar-refractivity contribution is 9.10. The molecule has 0 aliphatic heterocycles. The van der Waals surface area contributed by atoms with Crippen LogP contribution in [0.25, 0.3) is 0 Å². The predicted molar refractivity (Wildman–Crippen MR) is 74.4 cm³/mol. The first-order valence-corrected chi connectivity index (χ1v) is 6.96. The van der Waals surface area contributed by atoms with Crippen LogP contribution in [0.2, 0.25) is 0 Å². The molecule has 0 radical (unpaired) electrons. The molecular formula is C13H18BrN3O. The van der Waals surface area contributed by atoms with Crippen molar-refractivity contribution in [1.82, 2.24) is 15.1 Å². The Morgan fingerprint density at radius 1 is 1.56 bits per heavy atom. The summed E-state index contributed by atoms with van der Waals surface area (Å²) in [4.78, 5) is 0. The van der Waals surface area contributed by atoms with Gasteiger partial charge in [-0.05, 0) is 48.5 Å². The third-order valence-corrected chi connectivity index (χ3v) is 3.68. The van der Waals surface area contributed by atoms with Gasteiger partial charge in [-0.1, -0.05) is 0 Å². The minimum Gasteiger partial charge on any atom is -0.469 e. The van der Waals surface area contributed by atoms with E-state index >= 15 is 0 Å². The third kappa shape index (κ3) is 2.84. The predicted octanol–water partition coefficient (Wildman–Crippen LogP) is 3.15. The molecule has 0 fully saturated rings. The fourth-order valence-electron chi connectivity index (χ4n) is 2.13. The minimum absolute atomic E-state index is 0.270. The van der Waals surface area contributed by atoms with E-state index in [-0.39, 0.29) is 6.04 Å². The van der Waals surface area contributed by atoms with Crippen molar-refractivity contribution in [2.75, 3.05) is 7.05 Å². The Bertz CT molecular complexity index is 478. The van der Waals surface area contributed by atoms with Gasteiger partial charge >= 0.3 is 0 Å². The summed E-state index contributed by atoms with van der Waals surface area (Å²) in [6, 6.07) is 4.21. The second-order valence-corrected chi connectivity index (χ2v) is 5.01. The molecular weight excluding hydrogens is 294 g/mol. The average molecular weight is 312 g/mol. The summed E-state index contributed by atoms with van der Waals surface area (Å²) in [5, 5.41) is 7.70. The molecule has 0 aliphatic carbocycles. The zero-order valence-electron chi connectivity index (χ0n) is 10.7. The molecule has 2 heterocycles. The molecule has 0 aromatic carbocycles. The molecule has 1 atom stereocenters. The average Bonchev–Trinajstić information content (AvgIpc) is 3.01. The maximum Gasteiger partial charge on any atom is 0.103 e. The molecule has 4 nitrogen and oxygen atoms in total. The first-order valence-electron chi connectivity index (χ1n) is 6.17. The normalized spacial score (nSPS) is 12.8. The molecule has 0 saturated carbocycles. The highest BCUT2D eigenvalue weighted by Gasteiger charge is 2.18. The number of halogens is 1. The van der Waals surface area contributed by atoms with Gasteiger partial charge in [0, 0.05) is 13.0 Å². The van der Waals surface area contributed by atoms with Crippen LogP contribution in [0.15, 0.2) is 33.5 Å². The first-order chi connectivity index (χ1) is 8.76. The monoisotopic (exact) mass is 311 g/mol. The van der Waals surface area contributed by atoms with Crippen molar-refractivity contribution >= 4 is 15.9 Å². The van der Waals surface area contributed by atoms with Crippen LogP contribution >= 0.6 is 15.9 Å². The largest absolute Gasteiger partial charge is 0.469 e. The second kappa shape index (κ2) is 6.20. The van der Waals surface area contributed by atoms with Gasteiger partial charge < -0.3 is 9.73 Å². The van der Waals surface area contributed by atoms with Crippen molar-refractivity contribution in [1.29, 1.82) is 0 Å². The standard InChI is InChI=1S/C13H18BrN3O/c1-3-17-13(11(14)9-16-17)12(15-2)7-6-10-5-4-8-18-10/h4-5,8-9,12,15H,3,6-7H2,1-2H3. The summed E-state index contributed by atoms with van der Waals surface area (Å²) in [6.45, 7) is 2.97. The van der Waals surface area contributed by atoms with Crippen LogP contribution in [0.5, 0.6) is 0 Å². The van der Waals surface area contributed by atoms with E-state index in [2.05, 4.69) is 33.3 Å². The van der Waals surface area contributed by atoms with E-state index in [1.807, 2.05) is 30.1 Å². The van der Waals surface area contributed by atoms with Gasteiger partial charge in [-0.3, -0.25) is 4.68 Å². The summed E-state index contributed by atoms with van der Waals surface area (Å²) in [5.41, 5.74) is 1.20. The van der Waals surface area contributed by atoms with Crippen LogP contribution in [-0.2, 0) is 13.0 Å². The van der Waals surface area contributed by atoms with E-state index < -0.39 is 0 Å². The number of hydrogen-bond donors (Lipinski definition) is 1. The molecule has 1 N–H and O–H groups in total. The van der Waals surface area contributed by atoms with Gasteiger partial charge in [0.25, 0.3) is 0 Å². The van der Waals surface area contributed by atoms with Crippen LogP contribution in [0.1, 0.15) is 30.8 Å². The lowest BCUT2D eigenvalue weighted by atomic mass is 10.1. The molecule has 2 aromatic heterocycles. The van der Waals surface area contributed by atoms with E-state index in [0.29, 0.717) is 0 Å². The molecule has 0 bridgehead atoms. The number of furan rings is 1.